The van der Waals surface area contributed by atoms with E-state index in [1.807, 2.05) is 24.3 Å². The minimum Gasteiger partial charge on any atom is -0.462 e. The van der Waals surface area contributed by atoms with E-state index in [-0.39, 0.29) is 23.5 Å². The van der Waals surface area contributed by atoms with Crippen LogP contribution in [0, 0.1) is 29.1 Å². The van der Waals surface area contributed by atoms with Gasteiger partial charge in [-0.05, 0) is 105 Å². The number of piperidine rings is 1. The Morgan fingerprint density at radius 2 is 1.74 bits per heavy atom. The molecule has 5 nitrogen and oxygen atoms in total. The number of benzene rings is 1. The summed E-state index contributed by atoms with van der Waals surface area (Å²) in [6, 6.07) is 8.10. The molecular formula is C31H44Cl2N2O3. The minimum absolute atomic E-state index is 0.0167. The van der Waals surface area contributed by atoms with Crippen LogP contribution in [-0.4, -0.2) is 48.4 Å². The van der Waals surface area contributed by atoms with Gasteiger partial charge in [0.25, 0.3) is 0 Å². The number of fused-ring (bicyclic) bond motifs is 5. The molecule has 1 N–H and O–H groups in total. The number of ether oxygens (including phenoxy) is 1. The number of esters is 1. The van der Waals surface area contributed by atoms with Crippen molar-refractivity contribution in [1.29, 1.82) is 0 Å². The second-order valence-corrected chi connectivity index (χ2v) is 13.6. The Kier molecular flexibility index (Phi) is 8.55. The number of nitrogens with one attached hydrogen (secondary N) is 1. The third-order valence-electron chi connectivity index (χ3n) is 10.8. The molecule has 0 radical (unpaired) electrons. The van der Waals surface area contributed by atoms with E-state index in [0.29, 0.717) is 47.8 Å². The molecule has 38 heavy (non-hydrogen) atoms. The highest BCUT2D eigenvalue weighted by Gasteiger charge is 2.58. The Morgan fingerprint density at radius 3 is 2.45 bits per heavy atom. The molecule has 1 saturated heterocycles. The number of rotatable bonds is 8. The maximum atomic E-state index is 12.9. The van der Waals surface area contributed by atoms with Gasteiger partial charge >= 0.3 is 5.97 Å². The predicted octanol–water partition coefficient (Wildman–Crippen LogP) is 6.34. The van der Waals surface area contributed by atoms with E-state index < -0.39 is 0 Å². The summed E-state index contributed by atoms with van der Waals surface area (Å²) in [6.07, 6.45) is 9.93. The SMILES string of the molecule is C[C@]12CC[C@H](OC(=O)Cc3ccc(N(CCCl)CCCl)cc3)CC1CC[C@@H]1C2CC[C@@]2(C)NC(=O)CC[C@@H]12. The number of carbonyl (C=O) groups excluding carboxylic acids is 2. The summed E-state index contributed by atoms with van der Waals surface area (Å²) in [5.74, 6) is 3.87. The number of nitrogens with zero attached hydrogens (tertiary/aromatic N) is 1. The van der Waals surface area contributed by atoms with Gasteiger partial charge in [0.15, 0.2) is 0 Å². The van der Waals surface area contributed by atoms with Gasteiger partial charge in [-0.3, -0.25) is 9.59 Å². The Hall–Kier alpha value is -1.46. The fraction of sp³-hybridized carbons (Fsp3) is 0.742. The van der Waals surface area contributed by atoms with E-state index in [1.165, 1.54) is 19.3 Å². The van der Waals surface area contributed by atoms with Crippen LogP contribution in [0.2, 0.25) is 0 Å². The number of hydrogen-bond donors (Lipinski definition) is 1. The Bertz CT molecular complexity index is 997. The molecule has 4 aliphatic rings. The third kappa shape index (κ3) is 5.57. The molecular weight excluding hydrogens is 519 g/mol. The van der Waals surface area contributed by atoms with Crippen LogP contribution in [-0.2, 0) is 20.7 Å². The average molecular weight is 564 g/mol. The van der Waals surface area contributed by atoms with Gasteiger partial charge in [-0.1, -0.05) is 19.1 Å². The molecule has 1 aromatic rings. The van der Waals surface area contributed by atoms with Crippen LogP contribution in [0.5, 0.6) is 0 Å². The second-order valence-electron chi connectivity index (χ2n) is 12.8. The van der Waals surface area contributed by atoms with Crippen LogP contribution in [0.3, 0.4) is 0 Å². The van der Waals surface area contributed by atoms with E-state index in [4.69, 9.17) is 27.9 Å². The largest absolute Gasteiger partial charge is 0.462 e. The van der Waals surface area contributed by atoms with Gasteiger partial charge in [0.2, 0.25) is 5.91 Å². The predicted molar refractivity (Wildman–Crippen MR) is 154 cm³/mol. The first kappa shape index (κ1) is 28.1. The van der Waals surface area contributed by atoms with Crippen molar-refractivity contribution in [2.75, 3.05) is 29.7 Å². The van der Waals surface area contributed by atoms with Crippen molar-refractivity contribution in [3.05, 3.63) is 29.8 Å². The van der Waals surface area contributed by atoms with Crippen LogP contribution in [0.4, 0.5) is 5.69 Å². The van der Waals surface area contributed by atoms with Crippen molar-refractivity contribution in [3.8, 4) is 0 Å². The zero-order valence-corrected chi connectivity index (χ0v) is 24.5. The quantitative estimate of drug-likeness (QED) is 0.297. The zero-order valence-electron chi connectivity index (χ0n) is 23.0. The maximum absolute atomic E-state index is 12.9. The van der Waals surface area contributed by atoms with E-state index in [2.05, 4.69) is 24.1 Å². The van der Waals surface area contributed by atoms with Crippen molar-refractivity contribution < 1.29 is 14.3 Å². The number of anilines is 1. The van der Waals surface area contributed by atoms with E-state index in [0.717, 1.165) is 62.4 Å². The molecule has 3 aliphatic carbocycles. The zero-order chi connectivity index (χ0) is 26.9. The van der Waals surface area contributed by atoms with Crippen molar-refractivity contribution >= 4 is 40.8 Å². The highest BCUT2D eigenvalue weighted by molar-refractivity contribution is 6.18. The normalized spacial score (nSPS) is 36.3. The maximum Gasteiger partial charge on any atom is 0.310 e. The summed E-state index contributed by atoms with van der Waals surface area (Å²) in [5.41, 5.74) is 2.35. The summed E-state index contributed by atoms with van der Waals surface area (Å²) in [5, 5.41) is 3.37. The summed E-state index contributed by atoms with van der Waals surface area (Å²) in [7, 11) is 0. The highest BCUT2D eigenvalue weighted by atomic mass is 35.5. The molecule has 4 fully saturated rings. The van der Waals surface area contributed by atoms with Gasteiger partial charge in [-0.15, -0.1) is 23.2 Å². The van der Waals surface area contributed by atoms with E-state index in [1.54, 1.807) is 0 Å². The molecule has 0 spiro atoms. The smallest absolute Gasteiger partial charge is 0.310 e. The Labute approximate surface area is 238 Å². The van der Waals surface area contributed by atoms with Gasteiger partial charge in [0.1, 0.15) is 6.10 Å². The van der Waals surface area contributed by atoms with Crippen molar-refractivity contribution in [2.24, 2.45) is 29.1 Å². The molecule has 210 valence electrons. The van der Waals surface area contributed by atoms with Crippen LogP contribution in [0.1, 0.15) is 77.2 Å². The van der Waals surface area contributed by atoms with Gasteiger partial charge in [-0.25, -0.2) is 0 Å². The molecule has 3 saturated carbocycles. The molecule has 1 heterocycles. The molecule has 7 heteroatoms. The lowest BCUT2D eigenvalue weighted by atomic mass is 9.45. The lowest BCUT2D eigenvalue weighted by Gasteiger charge is -2.62. The third-order valence-corrected chi connectivity index (χ3v) is 11.1. The fourth-order valence-electron chi connectivity index (χ4n) is 8.79. The van der Waals surface area contributed by atoms with Crippen molar-refractivity contribution in [2.45, 2.75) is 89.7 Å². The van der Waals surface area contributed by atoms with E-state index in [9.17, 15) is 9.59 Å². The summed E-state index contributed by atoms with van der Waals surface area (Å²) in [6.45, 7) is 6.31. The summed E-state index contributed by atoms with van der Waals surface area (Å²) < 4.78 is 6.06. The molecule has 0 aromatic heterocycles. The number of alkyl halides is 2. The molecule has 0 bridgehead atoms. The highest BCUT2D eigenvalue weighted by Crippen LogP contribution is 2.62. The molecule has 5 rings (SSSR count). The van der Waals surface area contributed by atoms with E-state index >= 15 is 0 Å². The fourth-order valence-corrected chi connectivity index (χ4v) is 9.20. The van der Waals surface area contributed by atoms with Gasteiger partial charge in [0.05, 0.1) is 6.42 Å². The monoisotopic (exact) mass is 562 g/mol. The average Bonchev–Trinajstić information content (AvgIpc) is 2.88. The molecule has 2 unspecified atom stereocenters. The first-order chi connectivity index (χ1) is 18.3. The van der Waals surface area contributed by atoms with Gasteiger partial charge in [-0.2, -0.15) is 0 Å². The first-order valence-corrected chi connectivity index (χ1v) is 15.8. The number of halogens is 2. The standard InChI is InChI=1S/C31H44Cl2N2O3/c1-30-13-11-24(38-29(37)19-21-3-6-23(7-4-21)35(17-15-32)18-16-33)20-22(30)5-8-25-26(30)12-14-31(2)27(25)9-10-28(36)34-31/h3-4,6-7,22,24-27H,5,8-20H2,1-2H3,(H,34,36)/t22?,24-,25+,26?,27-,30-,31+/m0/s1. The second kappa shape index (κ2) is 11.6. The molecule has 7 atom stereocenters. The van der Waals surface area contributed by atoms with Crippen molar-refractivity contribution in [3.63, 3.8) is 0 Å². The van der Waals surface area contributed by atoms with Crippen LogP contribution < -0.4 is 10.2 Å². The Balaban J connectivity index is 1.16. The minimum atomic E-state index is -0.121. The number of hydrogen-bond acceptors (Lipinski definition) is 4. The van der Waals surface area contributed by atoms with Crippen LogP contribution >= 0.6 is 23.2 Å². The van der Waals surface area contributed by atoms with Gasteiger partial charge < -0.3 is 15.0 Å². The summed E-state index contributed by atoms with van der Waals surface area (Å²) in [4.78, 5) is 27.2. The van der Waals surface area contributed by atoms with Crippen LogP contribution in [0.15, 0.2) is 24.3 Å². The lowest BCUT2D eigenvalue weighted by Crippen LogP contribution is -2.63. The number of carbonyl (C=O) groups is 2. The Morgan fingerprint density at radius 1 is 1.00 bits per heavy atom. The van der Waals surface area contributed by atoms with Crippen molar-refractivity contribution in [1.82, 2.24) is 5.32 Å². The molecule has 1 aromatic carbocycles. The first-order valence-electron chi connectivity index (χ1n) is 14.7. The molecule has 1 amide bonds. The molecule has 1 aliphatic heterocycles. The van der Waals surface area contributed by atoms with Crippen LogP contribution in [0.25, 0.3) is 0 Å². The lowest BCUT2D eigenvalue weighted by molar-refractivity contribution is -0.162. The van der Waals surface area contributed by atoms with Gasteiger partial charge in [0, 0.05) is 42.5 Å². The summed E-state index contributed by atoms with van der Waals surface area (Å²) >= 11 is 11.9. The number of amides is 1. The topological polar surface area (TPSA) is 58.6 Å².